The van der Waals surface area contributed by atoms with Crippen LogP contribution in [-0.4, -0.2) is 37.9 Å². The van der Waals surface area contributed by atoms with Crippen molar-refractivity contribution in [2.45, 2.75) is 6.92 Å². The second-order valence-corrected chi connectivity index (χ2v) is 6.35. The van der Waals surface area contributed by atoms with Gasteiger partial charge in [0, 0.05) is 24.1 Å². The highest BCUT2D eigenvalue weighted by Gasteiger charge is 2.09. The molecule has 94 valence electrons. The van der Waals surface area contributed by atoms with Gasteiger partial charge in [-0.05, 0) is 19.1 Å². The Labute approximate surface area is 105 Å². The van der Waals surface area contributed by atoms with E-state index in [1.54, 1.807) is 13.0 Å². The quantitative estimate of drug-likeness (QED) is 0.826. The third-order valence-corrected chi connectivity index (χ3v) is 3.08. The van der Waals surface area contributed by atoms with Crippen molar-refractivity contribution in [2.24, 2.45) is 0 Å². The van der Waals surface area contributed by atoms with Crippen molar-refractivity contribution in [1.29, 1.82) is 0 Å². The summed E-state index contributed by atoms with van der Waals surface area (Å²) in [5, 5.41) is 2.74. The molecule has 1 aromatic rings. The van der Waals surface area contributed by atoms with Crippen molar-refractivity contribution in [3.8, 4) is 0 Å². The fourth-order valence-corrected chi connectivity index (χ4v) is 1.93. The average molecular weight is 277 g/mol. The Morgan fingerprint density at radius 1 is 1.47 bits per heavy atom. The van der Waals surface area contributed by atoms with Crippen molar-refractivity contribution in [3.05, 3.63) is 28.5 Å². The summed E-state index contributed by atoms with van der Waals surface area (Å²) in [5.41, 5.74) is 1.00. The normalized spacial score (nSPS) is 11.2. The molecule has 1 rings (SSSR count). The van der Waals surface area contributed by atoms with Crippen LogP contribution in [0.5, 0.6) is 0 Å². The first-order valence-corrected chi connectivity index (χ1v) is 7.32. The number of hydrogen-bond acceptors (Lipinski definition) is 4. The number of nitrogens with one attached hydrogen (secondary N) is 1. The molecular weight excluding hydrogens is 264 g/mol. The van der Waals surface area contributed by atoms with E-state index in [-0.39, 0.29) is 23.4 Å². The summed E-state index contributed by atoms with van der Waals surface area (Å²) in [6, 6.07) is 3.02. The van der Waals surface area contributed by atoms with Crippen molar-refractivity contribution >= 4 is 27.3 Å². The van der Waals surface area contributed by atoms with Gasteiger partial charge in [0.05, 0.1) is 5.75 Å². The van der Waals surface area contributed by atoms with Crippen LogP contribution in [0.15, 0.2) is 12.1 Å². The molecule has 1 heterocycles. The molecule has 0 aliphatic heterocycles. The SMILES string of the molecule is Cc1cc(C(=O)NCCS(C)(=O)=O)cc(Cl)n1. The van der Waals surface area contributed by atoms with Gasteiger partial charge < -0.3 is 5.32 Å². The van der Waals surface area contributed by atoms with Gasteiger partial charge in [0.25, 0.3) is 5.91 Å². The Hall–Kier alpha value is -1.14. The number of carbonyl (C=O) groups excluding carboxylic acids is 1. The third-order valence-electron chi connectivity index (χ3n) is 1.94. The Morgan fingerprint density at radius 3 is 2.65 bits per heavy atom. The third kappa shape index (κ3) is 5.14. The summed E-state index contributed by atoms with van der Waals surface area (Å²) in [6.45, 7) is 1.80. The van der Waals surface area contributed by atoms with Gasteiger partial charge in [0.1, 0.15) is 15.0 Å². The molecule has 0 aliphatic rings. The number of aryl methyl sites for hydroxylation is 1. The van der Waals surface area contributed by atoms with Gasteiger partial charge in [0.2, 0.25) is 0 Å². The topological polar surface area (TPSA) is 76.1 Å². The molecule has 0 aliphatic carbocycles. The molecule has 0 saturated carbocycles. The van der Waals surface area contributed by atoms with Crippen LogP contribution in [-0.2, 0) is 9.84 Å². The zero-order chi connectivity index (χ0) is 13.1. The molecule has 0 saturated heterocycles. The van der Waals surface area contributed by atoms with E-state index in [4.69, 9.17) is 11.6 Å². The van der Waals surface area contributed by atoms with E-state index in [0.717, 1.165) is 6.26 Å². The smallest absolute Gasteiger partial charge is 0.251 e. The van der Waals surface area contributed by atoms with Gasteiger partial charge in [-0.3, -0.25) is 4.79 Å². The minimum atomic E-state index is -3.07. The zero-order valence-corrected chi connectivity index (χ0v) is 11.1. The van der Waals surface area contributed by atoms with E-state index in [2.05, 4.69) is 10.3 Å². The van der Waals surface area contributed by atoms with Crippen LogP contribution in [0.4, 0.5) is 0 Å². The Bertz CT molecular complexity index is 508. The maximum atomic E-state index is 11.6. The first-order valence-electron chi connectivity index (χ1n) is 4.88. The van der Waals surface area contributed by atoms with E-state index in [9.17, 15) is 13.2 Å². The fraction of sp³-hybridized carbons (Fsp3) is 0.400. The van der Waals surface area contributed by atoms with Crippen LogP contribution < -0.4 is 5.32 Å². The van der Waals surface area contributed by atoms with Gasteiger partial charge in [-0.15, -0.1) is 0 Å². The minimum Gasteiger partial charge on any atom is -0.351 e. The summed E-state index contributed by atoms with van der Waals surface area (Å²) in [4.78, 5) is 15.6. The number of amides is 1. The highest BCUT2D eigenvalue weighted by Crippen LogP contribution is 2.10. The molecule has 0 atom stereocenters. The lowest BCUT2D eigenvalue weighted by Gasteiger charge is -2.05. The van der Waals surface area contributed by atoms with E-state index in [0.29, 0.717) is 11.3 Å². The van der Waals surface area contributed by atoms with E-state index < -0.39 is 9.84 Å². The van der Waals surface area contributed by atoms with Crippen molar-refractivity contribution < 1.29 is 13.2 Å². The van der Waals surface area contributed by atoms with Crippen molar-refractivity contribution in [1.82, 2.24) is 10.3 Å². The summed E-state index contributed by atoms with van der Waals surface area (Å²) in [7, 11) is -3.07. The number of hydrogen-bond donors (Lipinski definition) is 1. The second-order valence-electron chi connectivity index (χ2n) is 3.71. The molecule has 1 aromatic heterocycles. The van der Waals surface area contributed by atoms with Crippen molar-refractivity contribution in [2.75, 3.05) is 18.6 Å². The van der Waals surface area contributed by atoms with E-state index in [1.165, 1.54) is 6.07 Å². The fourth-order valence-electron chi connectivity index (χ4n) is 1.21. The van der Waals surface area contributed by atoms with Crippen LogP contribution in [0.3, 0.4) is 0 Å². The largest absolute Gasteiger partial charge is 0.351 e. The van der Waals surface area contributed by atoms with Gasteiger partial charge in [-0.2, -0.15) is 0 Å². The average Bonchev–Trinajstić information content (AvgIpc) is 2.13. The first kappa shape index (κ1) is 13.9. The lowest BCUT2D eigenvalue weighted by molar-refractivity contribution is 0.0956. The lowest BCUT2D eigenvalue weighted by atomic mass is 10.2. The molecule has 0 aromatic carbocycles. The van der Waals surface area contributed by atoms with Gasteiger partial charge in [-0.25, -0.2) is 13.4 Å². The van der Waals surface area contributed by atoms with Gasteiger partial charge in [0.15, 0.2) is 0 Å². The molecule has 0 unspecified atom stereocenters. The number of aromatic nitrogens is 1. The number of carbonyl (C=O) groups is 1. The zero-order valence-electron chi connectivity index (χ0n) is 9.53. The lowest BCUT2D eigenvalue weighted by Crippen LogP contribution is -2.28. The molecule has 0 fully saturated rings. The molecule has 0 radical (unpaired) electrons. The van der Waals surface area contributed by atoms with Crippen molar-refractivity contribution in [3.63, 3.8) is 0 Å². The van der Waals surface area contributed by atoms with Crippen LogP contribution in [0, 0.1) is 6.92 Å². The highest BCUT2D eigenvalue weighted by molar-refractivity contribution is 7.90. The summed E-state index contributed by atoms with van der Waals surface area (Å²) < 4.78 is 21.8. The Morgan fingerprint density at radius 2 is 2.12 bits per heavy atom. The summed E-state index contributed by atoms with van der Waals surface area (Å²) in [6.07, 6.45) is 1.12. The highest BCUT2D eigenvalue weighted by atomic mass is 35.5. The number of halogens is 1. The monoisotopic (exact) mass is 276 g/mol. The Kier molecular flexibility index (Phi) is 4.47. The molecule has 1 N–H and O–H groups in total. The Balaban J connectivity index is 2.64. The molecule has 0 bridgehead atoms. The van der Waals surface area contributed by atoms with E-state index >= 15 is 0 Å². The number of nitrogens with zero attached hydrogens (tertiary/aromatic N) is 1. The molecule has 5 nitrogen and oxygen atoms in total. The summed E-state index contributed by atoms with van der Waals surface area (Å²) >= 11 is 5.71. The standard InChI is InChI=1S/C10H13ClN2O3S/c1-7-5-8(6-9(11)13-7)10(14)12-3-4-17(2,15)16/h5-6H,3-4H2,1-2H3,(H,12,14). The summed E-state index contributed by atoms with van der Waals surface area (Å²) in [5.74, 6) is -0.447. The van der Waals surface area contributed by atoms with E-state index in [1.807, 2.05) is 0 Å². The molecule has 1 amide bonds. The maximum absolute atomic E-state index is 11.6. The molecule has 17 heavy (non-hydrogen) atoms. The van der Waals surface area contributed by atoms with Gasteiger partial charge >= 0.3 is 0 Å². The molecule has 7 heteroatoms. The van der Waals surface area contributed by atoms with Crippen LogP contribution in [0.25, 0.3) is 0 Å². The predicted octanol–water partition coefficient (Wildman–Crippen LogP) is 0.818. The number of pyridine rings is 1. The number of rotatable bonds is 4. The van der Waals surface area contributed by atoms with Crippen LogP contribution in [0.1, 0.15) is 16.1 Å². The minimum absolute atomic E-state index is 0.0800. The molecular formula is C10H13ClN2O3S. The number of sulfone groups is 1. The van der Waals surface area contributed by atoms with Crippen LogP contribution in [0.2, 0.25) is 5.15 Å². The maximum Gasteiger partial charge on any atom is 0.251 e. The molecule has 0 spiro atoms. The predicted molar refractivity (Wildman–Crippen MR) is 66.0 cm³/mol. The van der Waals surface area contributed by atoms with Crippen LogP contribution >= 0.6 is 11.6 Å². The van der Waals surface area contributed by atoms with Gasteiger partial charge in [-0.1, -0.05) is 11.6 Å². The first-order chi connectivity index (χ1) is 7.78. The second kappa shape index (κ2) is 5.46.